The molecule has 4 aromatic rings. The third-order valence-corrected chi connectivity index (χ3v) is 4.60. The summed E-state index contributed by atoms with van der Waals surface area (Å²) in [7, 11) is 0. The second-order valence-electron chi connectivity index (χ2n) is 6.28. The normalized spacial score (nSPS) is 11.5. The van der Waals surface area contributed by atoms with Gasteiger partial charge in [0.05, 0.1) is 10.6 Å². The minimum absolute atomic E-state index is 0.111. The van der Waals surface area contributed by atoms with Crippen molar-refractivity contribution in [3.05, 3.63) is 83.4 Å². The predicted octanol–water partition coefficient (Wildman–Crippen LogP) is 4.85. The van der Waals surface area contributed by atoms with Crippen LogP contribution in [0.5, 0.6) is 0 Å². The number of rotatable bonds is 4. The van der Waals surface area contributed by atoms with Crippen molar-refractivity contribution in [1.82, 2.24) is 20.0 Å². The first kappa shape index (κ1) is 19.7. The number of hydrazine groups is 1. The molecule has 0 radical (unpaired) electrons. The van der Waals surface area contributed by atoms with Gasteiger partial charge in [-0.3, -0.25) is 20.2 Å². The molecule has 3 heterocycles. The average molecular weight is 432 g/mol. The molecule has 3 aromatic heterocycles. The molecule has 2 N–H and O–H groups in total. The molecule has 6 nitrogen and oxygen atoms in total. The maximum absolute atomic E-state index is 12.7. The van der Waals surface area contributed by atoms with Crippen LogP contribution >= 0.6 is 11.6 Å². The molecule has 0 fully saturated rings. The van der Waals surface area contributed by atoms with Crippen molar-refractivity contribution in [1.29, 1.82) is 0 Å². The fourth-order valence-electron chi connectivity index (χ4n) is 2.83. The van der Waals surface area contributed by atoms with E-state index in [0.717, 1.165) is 16.8 Å². The molecule has 0 unspecified atom stereocenters. The summed E-state index contributed by atoms with van der Waals surface area (Å²) in [5.74, 6) is -0.123. The van der Waals surface area contributed by atoms with E-state index in [0.29, 0.717) is 12.0 Å². The van der Waals surface area contributed by atoms with Gasteiger partial charge >= 0.3 is 6.18 Å². The summed E-state index contributed by atoms with van der Waals surface area (Å²) < 4.78 is 39.7. The first-order chi connectivity index (χ1) is 14.3. The van der Waals surface area contributed by atoms with Crippen molar-refractivity contribution in [3.8, 4) is 5.82 Å². The Morgan fingerprint density at radius 3 is 2.50 bits per heavy atom. The lowest BCUT2D eigenvalue weighted by Crippen LogP contribution is -2.31. The Kier molecular flexibility index (Phi) is 5.04. The van der Waals surface area contributed by atoms with Crippen LogP contribution in [0, 0.1) is 0 Å². The molecule has 1 aromatic carbocycles. The van der Waals surface area contributed by atoms with Crippen molar-refractivity contribution in [2.45, 2.75) is 6.18 Å². The number of amides is 1. The van der Waals surface area contributed by atoms with Crippen molar-refractivity contribution in [2.75, 3.05) is 5.43 Å². The highest BCUT2D eigenvalue weighted by Crippen LogP contribution is 2.32. The molecule has 0 saturated heterocycles. The van der Waals surface area contributed by atoms with Crippen LogP contribution < -0.4 is 10.9 Å². The van der Waals surface area contributed by atoms with Crippen LogP contribution in [-0.2, 0) is 6.18 Å². The van der Waals surface area contributed by atoms with Crippen molar-refractivity contribution >= 4 is 34.1 Å². The molecule has 0 aliphatic rings. The zero-order valence-electron chi connectivity index (χ0n) is 15.1. The van der Waals surface area contributed by atoms with Gasteiger partial charge in [-0.05, 0) is 29.7 Å². The van der Waals surface area contributed by atoms with E-state index in [2.05, 4.69) is 20.8 Å². The van der Waals surface area contributed by atoms with Gasteiger partial charge in [-0.15, -0.1) is 0 Å². The molecule has 1 amide bonds. The Balaban J connectivity index is 1.53. The van der Waals surface area contributed by atoms with Gasteiger partial charge in [0.15, 0.2) is 5.82 Å². The monoisotopic (exact) mass is 431 g/mol. The second-order valence-corrected chi connectivity index (χ2v) is 6.69. The number of halogens is 4. The minimum Gasteiger partial charge on any atom is -0.297 e. The number of nitrogens with one attached hydrogen (secondary N) is 2. The topological polar surface area (TPSA) is 71.8 Å². The highest BCUT2D eigenvalue weighted by atomic mass is 35.5. The number of nitrogens with zero attached hydrogens (tertiary/aromatic N) is 3. The lowest BCUT2D eigenvalue weighted by atomic mass is 10.2. The third kappa shape index (κ3) is 3.92. The minimum atomic E-state index is -4.56. The van der Waals surface area contributed by atoms with E-state index in [4.69, 9.17) is 11.6 Å². The summed E-state index contributed by atoms with van der Waals surface area (Å²) in [6.45, 7) is 0. The van der Waals surface area contributed by atoms with Crippen LogP contribution in [0.2, 0.25) is 5.02 Å². The molecule has 152 valence electrons. The SMILES string of the molecule is O=C(NNc1ncc(C(F)(F)F)cc1Cl)c1cccn1-c1cc2ccccc2cn1. The first-order valence-corrected chi connectivity index (χ1v) is 9.02. The number of benzene rings is 1. The van der Waals surface area contributed by atoms with Crippen LogP contribution in [-0.4, -0.2) is 20.4 Å². The Morgan fingerprint density at radius 2 is 1.77 bits per heavy atom. The highest BCUT2D eigenvalue weighted by molar-refractivity contribution is 6.33. The van der Waals surface area contributed by atoms with E-state index >= 15 is 0 Å². The molecule has 0 aliphatic carbocycles. The second kappa shape index (κ2) is 7.68. The number of aromatic nitrogens is 3. The molecule has 0 atom stereocenters. The van der Waals surface area contributed by atoms with E-state index in [1.807, 2.05) is 30.3 Å². The Labute approximate surface area is 173 Å². The van der Waals surface area contributed by atoms with Gasteiger partial charge < -0.3 is 0 Å². The predicted molar refractivity (Wildman–Crippen MR) is 106 cm³/mol. The number of hydrogen-bond acceptors (Lipinski definition) is 4. The number of carbonyl (C=O) groups excluding carboxylic acids is 1. The van der Waals surface area contributed by atoms with E-state index < -0.39 is 17.6 Å². The van der Waals surface area contributed by atoms with Crippen molar-refractivity contribution in [2.24, 2.45) is 0 Å². The average Bonchev–Trinajstić information content (AvgIpc) is 3.21. The molecule has 0 saturated carbocycles. The molecule has 4 rings (SSSR count). The zero-order valence-corrected chi connectivity index (χ0v) is 15.9. The van der Waals surface area contributed by atoms with Crippen molar-refractivity contribution < 1.29 is 18.0 Å². The van der Waals surface area contributed by atoms with Gasteiger partial charge in [0.1, 0.15) is 11.5 Å². The van der Waals surface area contributed by atoms with E-state index in [-0.39, 0.29) is 16.5 Å². The largest absolute Gasteiger partial charge is 0.417 e. The molecule has 0 bridgehead atoms. The van der Waals surface area contributed by atoms with E-state index in [1.165, 1.54) is 0 Å². The summed E-state index contributed by atoms with van der Waals surface area (Å²) >= 11 is 5.83. The van der Waals surface area contributed by atoms with Gasteiger partial charge in [-0.25, -0.2) is 9.97 Å². The van der Waals surface area contributed by atoms with Crippen LogP contribution in [0.4, 0.5) is 19.0 Å². The first-order valence-electron chi connectivity index (χ1n) is 8.64. The molecular weight excluding hydrogens is 419 g/mol. The summed E-state index contributed by atoms with van der Waals surface area (Å²) in [6, 6.07) is 13.5. The third-order valence-electron chi connectivity index (χ3n) is 4.31. The fraction of sp³-hybridized carbons (Fsp3) is 0.0500. The molecule has 0 spiro atoms. The number of carbonyl (C=O) groups is 1. The van der Waals surface area contributed by atoms with E-state index in [1.54, 1.807) is 29.1 Å². The quantitative estimate of drug-likeness (QED) is 0.453. The number of alkyl halides is 3. The lowest BCUT2D eigenvalue weighted by Gasteiger charge is -2.13. The Hall–Kier alpha value is -3.59. The molecule has 10 heteroatoms. The van der Waals surface area contributed by atoms with Crippen LogP contribution in [0.25, 0.3) is 16.6 Å². The van der Waals surface area contributed by atoms with Gasteiger partial charge in [0, 0.05) is 24.0 Å². The molecule has 30 heavy (non-hydrogen) atoms. The molecule has 0 aliphatic heterocycles. The van der Waals surface area contributed by atoms with Gasteiger partial charge in [0.2, 0.25) is 0 Å². The lowest BCUT2D eigenvalue weighted by molar-refractivity contribution is -0.137. The number of hydrogen-bond donors (Lipinski definition) is 2. The van der Waals surface area contributed by atoms with Crippen LogP contribution in [0.15, 0.2) is 67.1 Å². The smallest absolute Gasteiger partial charge is 0.297 e. The van der Waals surface area contributed by atoms with Gasteiger partial charge in [-0.1, -0.05) is 35.9 Å². The summed E-state index contributed by atoms with van der Waals surface area (Å²) in [6.07, 6.45) is -0.556. The van der Waals surface area contributed by atoms with Crippen molar-refractivity contribution in [3.63, 3.8) is 0 Å². The maximum Gasteiger partial charge on any atom is 0.417 e. The Morgan fingerprint density at radius 1 is 1.00 bits per heavy atom. The number of anilines is 1. The van der Waals surface area contributed by atoms with Crippen LogP contribution in [0.3, 0.4) is 0 Å². The standard InChI is InChI=1S/C20H13ClF3N5O/c21-15-9-14(20(22,23)24)11-26-18(15)27-28-19(30)16-6-3-7-29(16)17-8-12-4-1-2-5-13(12)10-25-17/h1-11H,(H,26,27)(H,28,30). The summed E-state index contributed by atoms with van der Waals surface area (Å²) in [5.41, 5.74) is 4.10. The number of fused-ring (bicyclic) bond motifs is 1. The molecular formula is C20H13ClF3N5O. The van der Waals surface area contributed by atoms with Gasteiger partial charge in [-0.2, -0.15) is 13.2 Å². The fourth-order valence-corrected chi connectivity index (χ4v) is 3.05. The van der Waals surface area contributed by atoms with E-state index in [9.17, 15) is 18.0 Å². The zero-order chi connectivity index (χ0) is 21.3. The number of pyridine rings is 2. The maximum atomic E-state index is 12.7. The summed E-state index contributed by atoms with van der Waals surface area (Å²) in [5, 5.41) is 1.64. The van der Waals surface area contributed by atoms with Crippen LogP contribution in [0.1, 0.15) is 16.1 Å². The highest BCUT2D eigenvalue weighted by Gasteiger charge is 2.31. The summed E-state index contributed by atoms with van der Waals surface area (Å²) in [4.78, 5) is 20.6. The van der Waals surface area contributed by atoms with Gasteiger partial charge in [0.25, 0.3) is 5.91 Å². The Bertz CT molecular complexity index is 1240.